The quantitative estimate of drug-likeness (QED) is 0.405. The largest absolute Gasteiger partial charge is 0.478 e. The van der Waals surface area contributed by atoms with Crippen LogP contribution in [0, 0.1) is 12.3 Å². The second-order valence-corrected chi connectivity index (χ2v) is 7.03. The first-order valence-corrected chi connectivity index (χ1v) is 9.48. The highest BCUT2D eigenvalue weighted by Crippen LogP contribution is 2.33. The number of nitrogens with one attached hydrogen (secondary N) is 1. The first-order valence-electron chi connectivity index (χ1n) is 9.48. The van der Waals surface area contributed by atoms with Crippen molar-refractivity contribution < 1.29 is 23.1 Å². The number of alkyl halides is 3. The second-order valence-electron chi connectivity index (χ2n) is 7.03. The van der Waals surface area contributed by atoms with Crippen molar-refractivity contribution in [3.05, 3.63) is 89.0 Å². The minimum absolute atomic E-state index is 0.0303. The Kier molecular flexibility index (Phi) is 5.33. The Morgan fingerprint density at radius 2 is 1.81 bits per heavy atom. The molecule has 0 fully saturated rings. The molecule has 2 N–H and O–H groups in total. The van der Waals surface area contributed by atoms with Gasteiger partial charge in [0.1, 0.15) is 0 Å². The molecule has 0 unspecified atom stereocenters. The third kappa shape index (κ3) is 4.14. The molecule has 0 saturated heterocycles. The smallest absolute Gasteiger partial charge is 0.416 e. The first kappa shape index (κ1) is 21.0. The van der Waals surface area contributed by atoms with Crippen molar-refractivity contribution in [2.45, 2.75) is 12.7 Å². The van der Waals surface area contributed by atoms with Gasteiger partial charge in [0, 0.05) is 11.3 Å². The minimum Gasteiger partial charge on any atom is -0.478 e. The Hall–Kier alpha value is -4.25. The molecule has 4 aromatic rings. The lowest BCUT2D eigenvalue weighted by atomic mass is 10.1. The van der Waals surface area contributed by atoms with E-state index in [1.165, 1.54) is 36.4 Å². The molecule has 0 aliphatic carbocycles. The van der Waals surface area contributed by atoms with Gasteiger partial charge in [-0.3, -0.25) is 0 Å². The van der Waals surface area contributed by atoms with Crippen LogP contribution in [-0.4, -0.2) is 20.6 Å². The number of halogens is 3. The van der Waals surface area contributed by atoms with Crippen molar-refractivity contribution >= 4 is 28.6 Å². The zero-order chi connectivity index (χ0) is 22.9. The van der Waals surface area contributed by atoms with Crippen molar-refractivity contribution in [1.82, 2.24) is 9.55 Å². The molecule has 8 heteroatoms. The number of carboxylic acids is 1. The molecule has 160 valence electrons. The van der Waals surface area contributed by atoms with E-state index < -0.39 is 17.7 Å². The number of nitrogens with zero attached hydrogens (tertiary/aromatic N) is 2. The number of anilines is 2. The number of aromatic nitrogens is 2. The number of imidazole rings is 1. The zero-order valence-electron chi connectivity index (χ0n) is 16.5. The van der Waals surface area contributed by atoms with E-state index in [1.807, 2.05) is 0 Å². The topological polar surface area (TPSA) is 67.2 Å². The van der Waals surface area contributed by atoms with Gasteiger partial charge in [0.05, 0.1) is 28.7 Å². The monoisotopic (exact) mass is 435 g/mol. The van der Waals surface area contributed by atoms with Gasteiger partial charge in [-0.2, -0.15) is 13.2 Å². The maximum absolute atomic E-state index is 13.5. The number of hydrogen-bond donors (Lipinski definition) is 2. The Balaban J connectivity index is 1.83. The Morgan fingerprint density at radius 1 is 1.09 bits per heavy atom. The summed E-state index contributed by atoms with van der Waals surface area (Å²) in [6, 6.07) is 16.5. The van der Waals surface area contributed by atoms with E-state index in [-0.39, 0.29) is 23.6 Å². The molecule has 3 aromatic carbocycles. The minimum atomic E-state index is -4.51. The van der Waals surface area contributed by atoms with Crippen LogP contribution in [-0.2, 0) is 12.7 Å². The molecule has 0 spiro atoms. The van der Waals surface area contributed by atoms with Crippen LogP contribution in [0.1, 0.15) is 27.0 Å². The molecule has 32 heavy (non-hydrogen) atoms. The van der Waals surface area contributed by atoms with Crippen LogP contribution in [0.15, 0.2) is 66.7 Å². The summed E-state index contributed by atoms with van der Waals surface area (Å²) in [5, 5.41) is 12.4. The van der Waals surface area contributed by atoms with Crippen LogP contribution in [0.2, 0.25) is 0 Å². The van der Waals surface area contributed by atoms with Gasteiger partial charge in [-0.15, -0.1) is 6.42 Å². The Bertz CT molecular complexity index is 1350. The highest BCUT2D eigenvalue weighted by molar-refractivity contribution is 5.93. The molecule has 0 aliphatic rings. The second kappa shape index (κ2) is 8.12. The molecule has 0 radical (unpaired) electrons. The standard InChI is InChI=1S/C24H16F3N3O2/c1-2-15-7-10-18(11-8-15)28-23-29-20-13-16(22(31)32)9-12-21(20)30(23)14-17-5-3-4-6-19(17)24(25,26)27/h1,3-13H,14H2,(H,28,29)(H,31,32). The third-order valence-corrected chi connectivity index (χ3v) is 4.95. The molecule has 0 amide bonds. The highest BCUT2D eigenvalue weighted by atomic mass is 19.4. The van der Waals surface area contributed by atoms with Gasteiger partial charge in [0.2, 0.25) is 5.95 Å². The van der Waals surface area contributed by atoms with Crippen LogP contribution in [0.25, 0.3) is 11.0 Å². The first-order chi connectivity index (χ1) is 15.3. The number of fused-ring (bicyclic) bond motifs is 1. The van der Waals surface area contributed by atoms with E-state index in [2.05, 4.69) is 16.2 Å². The lowest BCUT2D eigenvalue weighted by molar-refractivity contribution is -0.138. The van der Waals surface area contributed by atoms with E-state index in [9.17, 15) is 23.1 Å². The van der Waals surface area contributed by atoms with Crippen LogP contribution in [0.3, 0.4) is 0 Å². The Morgan fingerprint density at radius 3 is 2.47 bits per heavy atom. The van der Waals surface area contributed by atoms with Crippen LogP contribution >= 0.6 is 0 Å². The number of terminal acetylenes is 1. The number of aromatic carboxylic acids is 1. The summed E-state index contributed by atoms with van der Waals surface area (Å²) in [6.07, 6.45) is 0.863. The third-order valence-electron chi connectivity index (χ3n) is 4.95. The molecule has 0 aliphatic heterocycles. The van der Waals surface area contributed by atoms with Gasteiger partial charge in [-0.1, -0.05) is 24.1 Å². The highest BCUT2D eigenvalue weighted by Gasteiger charge is 2.33. The summed E-state index contributed by atoms with van der Waals surface area (Å²) in [5.74, 6) is 1.66. The predicted octanol–water partition coefficient (Wildman–Crippen LogP) is 5.53. The van der Waals surface area contributed by atoms with Gasteiger partial charge in [0.25, 0.3) is 0 Å². The van der Waals surface area contributed by atoms with Crippen molar-refractivity contribution in [3.8, 4) is 12.3 Å². The van der Waals surface area contributed by atoms with Crippen LogP contribution in [0.4, 0.5) is 24.8 Å². The average Bonchev–Trinajstić information content (AvgIpc) is 3.10. The lowest BCUT2D eigenvalue weighted by Gasteiger charge is -2.16. The number of benzene rings is 3. The van der Waals surface area contributed by atoms with Gasteiger partial charge >= 0.3 is 12.1 Å². The molecule has 4 rings (SSSR count). The fourth-order valence-corrected chi connectivity index (χ4v) is 3.40. The molecule has 0 atom stereocenters. The number of hydrogen-bond acceptors (Lipinski definition) is 3. The summed E-state index contributed by atoms with van der Waals surface area (Å²) >= 11 is 0. The lowest BCUT2D eigenvalue weighted by Crippen LogP contribution is -2.12. The zero-order valence-corrected chi connectivity index (χ0v) is 16.5. The summed E-state index contributed by atoms with van der Waals surface area (Å²) < 4.78 is 42.2. The molecule has 0 saturated carbocycles. The summed E-state index contributed by atoms with van der Waals surface area (Å²) in [7, 11) is 0. The molecule has 1 heterocycles. The Labute approximate surface area is 181 Å². The van der Waals surface area contributed by atoms with Gasteiger partial charge in [-0.05, 0) is 54.1 Å². The van der Waals surface area contributed by atoms with Crippen molar-refractivity contribution in [2.24, 2.45) is 0 Å². The summed E-state index contributed by atoms with van der Waals surface area (Å²) in [4.78, 5) is 15.8. The number of rotatable bonds is 5. The van der Waals surface area contributed by atoms with Crippen LogP contribution < -0.4 is 5.32 Å². The average molecular weight is 435 g/mol. The number of carbonyl (C=O) groups is 1. The molecule has 1 aromatic heterocycles. The van der Waals surface area contributed by atoms with Crippen LogP contribution in [0.5, 0.6) is 0 Å². The normalized spacial score (nSPS) is 11.3. The fraction of sp³-hybridized carbons (Fsp3) is 0.0833. The molecular formula is C24H16F3N3O2. The van der Waals surface area contributed by atoms with Gasteiger partial charge in [-0.25, -0.2) is 9.78 Å². The van der Waals surface area contributed by atoms with Crippen molar-refractivity contribution in [1.29, 1.82) is 0 Å². The van der Waals surface area contributed by atoms with Crippen molar-refractivity contribution in [2.75, 3.05) is 5.32 Å². The van der Waals surface area contributed by atoms with Gasteiger partial charge in [0.15, 0.2) is 0 Å². The van der Waals surface area contributed by atoms with Crippen molar-refractivity contribution in [3.63, 3.8) is 0 Å². The predicted molar refractivity (Wildman–Crippen MR) is 115 cm³/mol. The van der Waals surface area contributed by atoms with E-state index in [1.54, 1.807) is 28.8 Å². The molecular weight excluding hydrogens is 419 g/mol. The summed E-state index contributed by atoms with van der Waals surface area (Å²) in [6.45, 7) is -0.122. The van der Waals surface area contributed by atoms with E-state index in [4.69, 9.17) is 6.42 Å². The number of carboxylic acid groups (broad SMARTS) is 1. The maximum Gasteiger partial charge on any atom is 0.416 e. The maximum atomic E-state index is 13.5. The SMILES string of the molecule is C#Cc1ccc(Nc2nc3cc(C(=O)O)ccc3n2Cc2ccccc2C(F)(F)F)cc1. The fourth-order valence-electron chi connectivity index (χ4n) is 3.40. The van der Waals surface area contributed by atoms with Gasteiger partial charge < -0.3 is 15.0 Å². The molecule has 0 bridgehead atoms. The van der Waals surface area contributed by atoms with E-state index in [0.29, 0.717) is 22.3 Å². The van der Waals surface area contributed by atoms with E-state index in [0.717, 1.165) is 6.07 Å². The summed E-state index contributed by atoms with van der Waals surface area (Å²) in [5.41, 5.74) is 1.49. The molecule has 5 nitrogen and oxygen atoms in total. The van der Waals surface area contributed by atoms with E-state index >= 15 is 0 Å².